The standard InChI is InChI=1S/C16H28N2O3/c1-21-10-9-17-16(20)13-11-15(19)18(12-13)14-7-5-3-2-4-6-8-14/h13-14H,2-12H2,1H3,(H,17,20). The Morgan fingerprint density at radius 3 is 2.57 bits per heavy atom. The van der Waals surface area contributed by atoms with E-state index in [4.69, 9.17) is 4.74 Å². The minimum absolute atomic E-state index is 0.00579. The number of amides is 2. The number of rotatable bonds is 5. The predicted octanol–water partition coefficient (Wildman–Crippen LogP) is 1.71. The van der Waals surface area contributed by atoms with E-state index in [0.29, 0.717) is 32.2 Å². The van der Waals surface area contributed by atoms with Crippen LogP contribution in [0.4, 0.5) is 0 Å². The number of ether oxygens (including phenoxy) is 1. The van der Waals surface area contributed by atoms with Crippen molar-refractivity contribution in [3.05, 3.63) is 0 Å². The van der Waals surface area contributed by atoms with Gasteiger partial charge >= 0.3 is 0 Å². The highest BCUT2D eigenvalue weighted by molar-refractivity contribution is 5.89. The van der Waals surface area contributed by atoms with Gasteiger partial charge in [-0.3, -0.25) is 9.59 Å². The maximum absolute atomic E-state index is 12.2. The average molecular weight is 296 g/mol. The second-order valence-electron chi connectivity index (χ2n) is 6.23. The molecule has 1 N–H and O–H groups in total. The third-order valence-corrected chi connectivity index (χ3v) is 4.65. The first-order valence-electron chi connectivity index (χ1n) is 8.28. The van der Waals surface area contributed by atoms with Crippen LogP contribution in [0.25, 0.3) is 0 Å². The molecule has 1 saturated carbocycles. The van der Waals surface area contributed by atoms with E-state index < -0.39 is 0 Å². The molecule has 5 heteroatoms. The average Bonchev–Trinajstić information content (AvgIpc) is 2.81. The molecule has 0 aromatic heterocycles. The first-order valence-corrected chi connectivity index (χ1v) is 8.28. The molecule has 2 fully saturated rings. The smallest absolute Gasteiger partial charge is 0.225 e. The number of methoxy groups -OCH3 is 1. The van der Waals surface area contributed by atoms with E-state index in [1.807, 2.05) is 4.90 Å². The summed E-state index contributed by atoms with van der Waals surface area (Å²) < 4.78 is 4.93. The van der Waals surface area contributed by atoms with Crippen LogP contribution in [0.5, 0.6) is 0 Å². The van der Waals surface area contributed by atoms with Crippen molar-refractivity contribution in [3.8, 4) is 0 Å². The summed E-state index contributed by atoms with van der Waals surface area (Å²) in [7, 11) is 1.61. The minimum atomic E-state index is -0.181. The maximum Gasteiger partial charge on any atom is 0.225 e. The highest BCUT2D eigenvalue weighted by Crippen LogP contribution is 2.27. The number of carbonyl (C=O) groups is 2. The van der Waals surface area contributed by atoms with Gasteiger partial charge in [0.25, 0.3) is 0 Å². The Balaban J connectivity index is 1.84. The number of nitrogens with one attached hydrogen (secondary N) is 1. The highest BCUT2D eigenvalue weighted by atomic mass is 16.5. The van der Waals surface area contributed by atoms with Crippen molar-refractivity contribution in [2.24, 2.45) is 5.92 Å². The van der Waals surface area contributed by atoms with Gasteiger partial charge in [-0.15, -0.1) is 0 Å². The lowest BCUT2D eigenvalue weighted by Gasteiger charge is -2.29. The lowest BCUT2D eigenvalue weighted by Crippen LogP contribution is -2.39. The van der Waals surface area contributed by atoms with Gasteiger partial charge in [-0.1, -0.05) is 32.1 Å². The molecule has 0 bridgehead atoms. The van der Waals surface area contributed by atoms with E-state index in [9.17, 15) is 9.59 Å². The molecule has 2 amide bonds. The topological polar surface area (TPSA) is 58.6 Å². The van der Waals surface area contributed by atoms with Crippen molar-refractivity contribution in [1.82, 2.24) is 10.2 Å². The summed E-state index contributed by atoms with van der Waals surface area (Å²) in [4.78, 5) is 26.3. The van der Waals surface area contributed by atoms with Gasteiger partial charge in [0, 0.05) is 32.7 Å². The van der Waals surface area contributed by atoms with Gasteiger partial charge in [-0.25, -0.2) is 0 Å². The molecule has 5 nitrogen and oxygen atoms in total. The predicted molar refractivity (Wildman–Crippen MR) is 80.8 cm³/mol. The number of likely N-dealkylation sites (tertiary alicyclic amines) is 1. The maximum atomic E-state index is 12.2. The van der Waals surface area contributed by atoms with Crippen LogP contribution in [-0.4, -0.2) is 49.6 Å². The highest BCUT2D eigenvalue weighted by Gasteiger charge is 2.37. The normalized spacial score (nSPS) is 24.7. The summed E-state index contributed by atoms with van der Waals surface area (Å²) in [6, 6.07) is 0.356. The van der Waals surface area contributed by atoms with Gasteiger partial charge in [0.2, 0.25) is 11.8 Å². The second kappa shape index (κ2) is 8.37. The quantitative estimate of drug-likeness (QED) is 0.786. The van der Waals surface area contributed by atoms with Crippen LogP contribution in [0.3, 0.4) is 0 Å². The number of carbonyl (C=O) groups excluding carboxylic acids is 2. The molecule has 1 heterocycles. The van der Waals surface area contributed by atoms with E-state index in [0.717, 1.165) is 12.8 Å². The lowest BCUT2D eigenvalue weighted by atomic mass is 9.96. The van der Waals surface area contributed by atoms with Crippen LogP contribution in [-0.2, 0) is 14.3 Å². The number of nitrogens with zero attached hydrogens (tertiary/aromatic N) is 1. The molecule has 2 rings (SSSR count). The summed E-state index contributed by atoms with van der Waals surface area (Å²) in [5.41, 5.74) is 0. The minimum Gasteiger partial charge on any atom is -0.383 e. The molecule has 0 aromatic carbocycles. The lowest BCUT2D eigenvalue weighted by molar-refractivity contribution is -0.130. The molecular formula is C16H28N2O3. The van der Waals surface area contributed by atoms with Gasteiger partial charge in [-0.2, -0.15) is 0 Å². The Morgan fingerprint density at radius 1 is 1.24 bits per heavy atom. The molecular weight excluding hydrogens is 268 g/mol. The molecule has 1 atom stereocenters. The van der Waals surface area contributed by atoms with Gasteiger partial charge < -0.3 is 15.0 Å². The van der Waals surface area contributed by atoms with E-state index in [-0.39, 0.29) is 17.7 Å². The van der Waals surface area contributed by atoms with E-state index >= 15 is 0 Å². The van der Waals surface area contributed by atoms with Crippen molar-refractivity contribution in [2.45, 2.75) is 57.4 Å². The fourth-order valence-electron chi connectivity index (χ4n) is 3.43. The van der Waals surface area contributed by atoms with E-state index in [1.165, 1.54) is 32.1 Å². The van der Waals surface area contributed by atoms with Crippen molar-refractivity contribution in [2.75, 3.05) is 26.8 Å². The summed E-state index contributed by atoms with van der Waals surface area (Å²) in [5.74, 6) is -0.0268. The molecule has 21 heavy (non-hydrogen) atoms. The summed E-state index contributed by atoms with van der Waals surface area (Å²) >= 11 is 0. The van der Waals surface area contributed by atoms with E-state index in [1.54, 1.807) is 7.11 Å². The zero-order valence-corrected chi connectivity index (χ0v) is 13.1. The Labute approximate surface area is 127 Å². The molecule has 1 saturated heterocycles. The van der Waals surface area contributed by atoms with Crippen LogP contribution in [0.1, 0.15) is 51.4 Å². The molecule has 120 valence electrons. The molecule has 1 aliphatic heterocycles. The van der Waals surface area contributed by atoms with Crippen molar-refractivity contribution >= 4 is 11.8 Å². The van der Waals surface area contributed by atoms with Crippen LogP contribution in [0, 0.1) is 5.92 Å². The molecule has 0 aromatic rings. The zero-order valence-electron chi connectivity index (χ0n) is 13.1. The third kappa shape index (κ3) is 4.70. The first kappa shape index (κ1) is 16.3. The van der Waals surface area contributed by atoms with Crippen LogP contribution in [0.15, 0.2) is 0 Å². The Hall–Kier alpha value is -1.10. The van der Waals surface area contributed by atoms with Crippen LogP contribution in [0.2, 0.25) is 0 Å². The van der Waals surface area contributed by atoms with Gasteiger partial charge in [0.1, 0.15) is 0 Å². The fraction of sp³-hybridized carbons (Fsp3) is 0.875. The molecule has 1 aliphatic carbocycles. The summed E-state index contributed by atoms with van der Waals surface area (Å²) in [5, 5.41) is 2.85. The molecule has 2 aliphatic rings. The zero-order chi connectivity index (χ0) is 15.1. The van der Waals surface area contributed by atoms with Gasteiger partial charge in [-0.05, 0) is 12.8 Å². The Kier molecular flexibility index (Phi) is 6.49. The third-order valence-electron chi connectivity index (χ3n) is 4.65. The van der Waals surface area contributed by atoms with Crippen LogP contribution >= 0.6 is 0 Å². The monoisotopic (exact) mass is 296 g/mol. The van der Waals surface area contributed by atoms with Crippen molar-refractivity contribution < 1.29 is 14.3 Å². The molecule has 0 spiro atoms. The molecule has 0 radical (unpaired) electrons. The number of hydrogen-bond acceptors (Lipinski definition) is 3. The van der Waals surface area contributed by atoms with E-state index in [2.05, 4.69) is 5.32 Å². The fourth-order valence-corrected chi connectivity index (χ4v) is 3.43. The Bertz CT molecular complexity index is 351. The Morgan fingerprint density at radius 2 is 1.90 bits per heavy atom. The largest absolute Gasteiger partial charge is 0.383 e. The SMILES string of the molecule is COCCNC(=O)C1CC(=O)N(C2CCCCCCC2)C1. The van der Waals surface area contributed by atoms with Crippen molar-refractivity contribution in [1.29, 1.82) is 0 Å². The van der Waals surface area contributed by atoms with Gasteiger partial charge in [0.15, 0.2) is 0 Å². The van der Waals surface area contributed by atoms with Crippen molar-refractivity contribution in [3.63, 3.8) is 0 Å². The van der Waals surface area contributed by atoms with Crippen LogP contribution < -0.4 is 5.32 Å². The summed E-state index contributed by atoms with van der Waals surface area (Å²) in [6.07, 6.45) is 8.87. The first-order chi connectivity index (χ1) is 10.2. The number of hydrogen-bond donors (Lipinski definition) is 1. The second-order valence-corrected chi connectivity index (χ2v) is 6.23. The van der Waals surface area contributed by atoms with Gasteiger partial charge in [0.05, 0.1) is 12.5 Å². The molecule has 1 unspecified atom stereocenters. The summed E-state index contributed by atoms with van der Waals surface area (Å²) in [6.45, 7) is 1.63.